The van der Waals surface area contributed by atoms with E-state index in [1.54, 1.807) is 0 Å². The largest absolute Gasteiger partial charge is 0.478 e. The molecule has 0 bridgehead atoms. The summed E-state index contributed by atoms with van der Waals surface area (Å²) in [5.74, 6) is 0.621. The third kappa shape index (κ3) is 4.22. The van der Waals surface area contributed by atoms with Crippen LogP contribution in [0.15, 0.2) is 54.6 Å². The number of rotatable bonds is 6. The molecule has 2 rings (SSSR count). The molecule has 0 aliphatic heterocycles. The minimum atomic E-state index is -0.910. The number of allylic oxidation sites excluding steroid dienone is 1. The van der Waals surface area contributed by atoms with E-state index in [0.29, 0.717) is 0 Å². The summed E-state index contributed by atoms with van der Waals surface area (Å²) in [6, 6.07) is 15.3. The Kier molecular flexibility index (Phi) is 5.37. The molecule has 114 valence electrons. The number of carboxylic acid groups (broad SMARTS) is 1. The predicted molar refractivity (Wildman–Crippen MR) is 88.2 cm³/mol. The van der Waals surface area contributed by atoms with Gasteiger partial charge in [-0.2, -0.15) is 0 Å². The molecular formula is C19H20O3. The van der Waals surface area contributed by atoms with Crippen LogP contribution in [-0.2, 0) is 4.79 Å². The van der Waals surface area contributed by atoms with E-state index >= 15 is 0 Å². The number of carboxylic acids is 1. The lowest BCUT2D eigenvalue weighted by molar-refractivity contribution is -0.131. The predicted octanol–water partition coefficient (Wildman–Crippen LogP) is 5.06. The molecule has 3 heteroatoms. The van der Waals surface area contributed by atoms with Crippen LogP contribution in [0.25, 0.3) is 5.57 Å². The van der Waals surface area contributed by atoms with Crippen molar-refractivity contribution in [1.29, 1.82) is 0 Å². The van der Waals surface area contributed by atoms with Gasteiger partial charge in [0.15, 0.2) is 0 Å². The van der Waals surface area contributed by atoms with E-state index in [-0.39, 0.29) is 0 Å². The van der Waals surface area contributed by atoms with E-state index < -0.39 is 5.97 Å². The van der Waals surface area contributed by atoms with Crippen LogP contribution >= 0.6 is 0 Å². The van der Waals surface area contributed by atoms with Crippen molar-refractivity contribution < 1.29 is 14.6 Å². The Bertz CT molecular complexity index is 672. The van der Waals surface area contributed by atoms with Crippen molar-refractivity contribution in [1.82, 2.24) is 0 Å². The Morgan fingerprint density at radius 3 is 2.45 bits per heavy atom. The van der Waals surface area contributed by atoms with Crippen LogP contribution in [-0.4, -0.2) is 11.1 Å². The fourth-order valence-electron chi connectivity index (χ4n) is 2.39. The fraction of sp³-hybridized carbons (Fsp3) is 0.211. The van der Waals surface area contributed by atoms with Crippen LogP contribution in [0.2, 0.25) is 0 Å². The second-order valence-electron chi connectivity index (χ2n) is 5.15. The van der Waals surface area contributed by atoms with Crippen LogP contribution in [0.4, 0.5) is 0 Å². The van der Waals surface area contributed by atoms with Gasteiger partial charge >= 0.3 is 5.97 Å². The second kappa shape index (κ2) is 7.46. The first kappa shape index (κ1) is 15.8. The van der Waals surface area contributed by atoms with Gasteiger partial charge in [0.25, 0.3) is 0 Å². The quantitative estimate of drug-likeness (QED) is 0.758. The molecule has 0 spiro atoms. The van der Waals surface area contributed by atoms with Crippen LogP contribution in [0.3, 0.4) is 0 Å². The number of hydrogen-bond donors (Lipinski definition) is 1. The molecule has 0 unspecified atom stereocenters. The van der Waals surface area contributed by atoms with E-state index in [0.717, 1.165) is 41.0 Å². The number of hydrogen-bond acceptors (Lipinski definition) is 2. The maximum atomic E-state index is 11.0. The standard InChI is InChI=1S/C19H20O3/c1-3-7-15(13-19(20)21)18-11-10-17(12-14(18)2)22-16-8-5-4-6-9-16/h4-6,8-13H,3,7H2,1-2H3,(H,20,21)/b15-13+. The fourth-order valence-corrected chi connectivity index (χ4v) is 2.39. The third-order valence-electron chi connectivity index (χ3n) is 3.34. The third-order valence-corrected chi connectivity index (χ3v) is 3.34. The summed E-state index contributed by atoms with van der Waals surface area (Å²) in [5, 5.41) is 9.01. The summed E-state index contributed by atoms with van der Waals surface area (Å²) in [4.78, 5) is 11.0. The van der Waals surface area contributed by atoms with Gasteiger partial charge in [-0.1, -0.05) is 37.6 Å². The van der Waals surface area contributed by atoms with E-state index in [4.69, 9.17) is 9.84 Å². The van der Waals surface area contributed by atoms with Gasteiger partial charge < -0.3 is 9.84 Å². The SMILES string of the molecule is CCC/C(=C\C(=O)O)c1ccc(Oc2ccccc2)cc1C. The van der Waals surface area contributed by atoms with Crippen molar-refractivity contribution in [3.63, 3.8) is 0 Å². The summed E-state index contributed by atoms with van der Waals surface area (Å²) >= 11 is 0. The van der Waals surface area contributed by atoms with E-state index in [2.05, 4.69) is 0 Å². The summed E-state index contributed by atoms with van der Waals surface area (Å²) in [7, 11) is 0. The van der Waals surface area contributed by atoms with Crippen LogP contribution in [0.5, 0.6) is 11.5 Å². The van der Waals surface area contributed by atoms with Gasteiger partial charge in [-0.3, -0.25) is 0 Å². The van der Waals surface area contributed by atoms with E-state index in [1.807, 2.05) is 62.4 Å². The maximum Gasteiger partial charge on any atom is 0.328 e. The van der Waals surface area contributed by atoms with Gasteiger partial charge in [-0.15, -0.1) is 0 Å². The lowest BCUT2D eigenvalue weighted by Gasteiger charge is -2.12. The molecule has 3 nitrogen and oxygen atoms in total. The molecule has 0 saturated carbocycles. The summed E-state index contributed by atoms with van der Waals surface area (Å²) in [6.07, 6.45) is 2.94. The molecule has 0 saturated heterocycles. The Balaban J connectivity index is 2.27. The van der Waals surface area contributed by atoms with Gasteiger partial charge in [0.05, 0.1) is 0 Å². The summed E-state index contributed by atoms with van der Waals surface area (Å²) < 4.78 is 5.80. The maximum absolute atomic E-state index is 11.0. The number of benzene rings is 2. The molecule has 0 aliphatic carbocycles. The Labute approximate surface area is 130 Å². The van der Waals surface area contributed by atoms with Crippen LogP contribution in [0, 0.1) is 6.92 Å². The van der Waals surface area contributed by atoms with Crippen molar-refractivity contribution in [2.24, 2.45) is 0 Å². The Hall–Kier alpha value is -2.55. The molecule has 22 heavy (non-hydrogen) atoms. The Morgan fingerprint density at radius 2 is 1.86 bits per heavy atom. The molecule has 1 N–H and O–H groups in total. The number of para-hydroxylation sites is 1. The topological polar surface area (TPSA) is 46.5 Å². The van der Waals surface area contributed by atoms with Crippen molar-refractivity contribution in [3.8, 4) is 11.5 Å². The highest BCUT2D eigenvalue weighted by Gasteiger charge is 2.08. The zero-order valence-corrected chi connectivity index (χ0v) is 12.9. The lowest BCUT2D eigenvalue weighted by Crippen LogP contribution is -1.96. The summed E-state index contributed by atoms with van der Waals surface area (Å²) in [6.45, 7) is 4.01. The normalized spacial score (nSPS) is 11.3. The minimum Gasteiger partial charge on any atom is -0.478 e. The zero-order chi connectivity index (χ0) is 15.9. The van der Waals surface area contributed by atoms with Crippen LogP contribution < -0.4 is 4.74 Å². The average Bonchev–Trinajstić information content (AvgIpc) is 2.47. The molecule has 0 amide bonds. The highest BCUT2D eigenvalue weighted by molar-refractivity contribution is 5.90. The smallest absolute Gasteiger partial charge is 0.328 e. The molecule has 0 radical (unpaired) electrons. The van der Waals surface area contributed by atoms with Gasteiger partial charge in [-0.05, 0) is 54.3 Å². The van der Waals surface area contributed by atoms with Gasteiger partial charge in [0, 0.05) is 6.08 Å². The highest BCUT2D eigenvalue weighted by atomic mass is 16.5. The number of carbonyl (C=O) groups is 1. The lowest BCUT2D eigenvalue weighted by atomic mass is 9.96. The van der Waals surface area contributed by atoms with E-state index in [9.17, 15) is 4.79 Å². The average molecular weight is 296 g/mol. The first-order valence-electron chi connectivity index (χ1n) is 7.37. The minimum absolute atomic E-state index is 0.742. The second-order valence-corrected chi connectivity index (χ2v) is 5.15. The zero-order valence-electron chi connectivity index (χ0n) is 12.9. The molecule has 0 heterocycles. The van der Waals surface area contributed by atoms with Crippen molar-refractivity contribution in [2.45, 2.75) is 26.7 Å². The molecule has 0 aromatic heterocycles. The first-order chi connectivity index (χ1) is 10.6. The first-order valence-corrected chi connectivity index (χ1v) is 7.37. The van der Waals surface area contributed by atoms with Crippen molar-refractivity contribution in [3.05, 3.63) is 65.7 Å². The number of ether oxygens (including phenoxy) is 1. The van der Waals surface area contributed by atoms with Gasteiger partial charge in [-0.25, -0.2) is 4.79 Å². The molecule has 0 atom stereocenters. The molecule has 2 aromatic carbocycles. The molecule has 0 aliphatic rings. The monoisotopic (exact) mass is 296 g/mol. The van der Waals surface area contributed by atoms with Crippen LogP contribution in [0.1, 0.15) is 30.9 Å². The summed E-state index contributed by atoms with van der Waals surface area (Å²) in [5.41, 5.74) is 2.82. The molecule has 2 aromatic rings. The van der Waals surface area contributed by atoms with Crippen molar-refractivity contribution in [2.75, 3.05) is 0 Å². The van der Waals surface area contributed by atoms with Crippen molar-refractivity contribution >= 4 is 11.5 Å². The number of aliphatic carboxylic acids is 1. The van der Waals surface area contributed by atoms with E-state index in [1.165, 1.54) is 6.08 Å². The molecular weight excluding hydrogens is 276 g/mol. The van der Waals surface area contributed by atoms with Gasteiger partial charge in [0.2, 0.25) is 0 Å². The Morgan fingerprint density at radius 1 is 1.14 bits per heavy atom. The van der Waals surface area contributed by atoms with Gasteiger partial charge in [0.1, 0.15) is 11.5 Å². The highest BCUT2D eigenvalue weighted by Crippen LogP contribution is 2.28. The number of aryl methyl sites for hydroxylation is 1. The molecule has 0 fully saturated rings.